The number of nitrogens with zero attached hydrogens (tertiary/aromatic N) is 1. The van der Waals surface area contributed by atoms with E-state index in [1.165, 1.54) is 16.8 Å². The lowest BCUT2D eigenvalue weighted by Crippen LogP contribution is -2.35. The van der Waals surface area contributed by atoms with Crippen molar-refractivity contribution in [1.82, 2.24) is 5.32 Å². The molecule has 1 aromatic carbocycles. The third kappa shape index (κ3) is 3.30. The number of furan rings is 1. The Morgan fingerprint density at radius 2 is 2.00 bits per heavy atom. The van der Waals surface area contributed by atoms with E-state index in [9.17, 15) is 0 Å². The normalized spacial score (nSPS) is 14.5. The predicted molar refractivity (Wildman–Crippen MR) is 86.5 cm³/mol. The number of anilines is 1. The fourth-order valence-electron chi connectivity index (χ4n) is 2.78. The largest absolute Gasteiger partial charge is 0.468 e. The summed E-state index contributed by atoms with van der Waals surface area (Å²) in [6.45, 7) is 9.32. The first-order chi connectivity index (χ1) is 10.0. The van der Waals surface area contributed by atoms with Gasteiger partial charge in [0.05, 0.1) is 12.8 Å². The van der Waals surface area contributed by atoms with E-state index in [-0.39, 0.29) is 5.54 Å². The molecule has 0 spiro atoms. The Hall–Kier alpha value is -1.74. The molecule has 0 aliphatic carbocycles. The molecule has 21 heavy (non-hydrogen) atoms. The first kappa shape index (κ1) is 14.2. The van der Waals surface area contributed by atoms with Gasteiger partial charge in [-0.15, -0.1) is 0 Å². The molecule has 0 fully saturated rings. The molecule has 1 N–H and O–H groups in total. The Balaban J connectivity index is 1.71. The van der Waals surface area contributed by atoms with E-state index in [0.29, 0.717) is 0 Å². The molecule has 112 valence electrons. The van der Waals surface area contributed by atoms with Crippen LogP contribution in [-0.2, 0) is 19.5 Å². The van der Waals surface area contributed by atoms with Crippen LogP contribution in [0.2, 0.25) is 0 Å². The van der Waals surface area contributed by atoms with Crippen molar-refractivity contribution in [1.29, 1.82) is 0 Å². The van der Waals surface area contributed by atoms with E-state index >= 15 is 0 Å². The average Bonchev–Trinajstić information content (AvgIpc) is 3.04. The van der Waals surface area contributed by atoms with E-state index in [1.807, 2.05) is 0 Å². The molecule has 3 rings (SSSR count). The molecule has 1 aliphatic heterocycles. The van der Waals surface area contributed by atoms with Crippen molar-refractivity contribution in [3.63, 3.8) is 0 Å². The van der Waals surface area contributed by atoms with Gasteiger partial charge in [-0.2, -0.15) is 0 Å². The Kier molecular flexibility index (Phi) is 3.77. The van der Waals surface area contributed by atoms with Crippen molar-refractivity contribution < 1.29 is 4.42 Å². The molecule has 3 heteroatoms. The quantitative estimate of drug-likeness (QED) is 0.927. The third-order valence-electron chi connectivity index (χ3n) is 3.96. The highest BCUT2D eigenvalue weighted by molar-refractivity contribution is 5.58. The van der Waals surface area contributed by atoms with Crippen molar-refractivity contribution in [3.05, 3.63) is 53.5 Å². The molecule has 0 saturated heterocycles. The summed E-state index contributed by atoms with van der Waals surface area (Å²) in [5.74, 6) is 1.05. The molecular weight excluding hydrogens is 260 g/mol. The van der Waals surface area contributed by atoms with Gasteiger partial charge in [-0.05, 0) is 44.9 Å². The highest BCUT2D eigenvalue weighted by atomic mass is 16.3. The first-order valence-electron chi connectivity index (χ1n) is 7.66. The van der Waals surface area contributed by atoms with Gasteiger partial charge in [-0.1, -0.05) is 18.2 Å². The summed E-state index contributed by atoms with van der Waals surface area (Å²) in [5.41, 5.74) is 4.21. The number of rotatable bonds is 4. The van der Waals surface area contributed by atoms with Crippen LogP contribution in [0.3, 0.4) is 0 Å². The second-order valence-electron chi connectivity index (χ2n) is 6.77. The van der Waals surface area contributed by atoms with Crippen LogP contribution in [0.25, 0.3) is 0 Å². The zero-order chi connectivity index (χ0) is 14.9. The Labute approximate surface area is 127 Å². The number of para-hydroxylation sites is 1. The van der Waals surface area contributed by atoms with Gasteiger partial charge in [-0.3, -0.25) is 0 Å². The molecule has 3 nitrogen and oxygen atoms in total. The van der Waals surface area contributed by atoms with Crippen LogP contribution in [0.5, 0.6) is 0 Å². The zero-order valence-electron chi connectivity index (χ0n) is 13.1. The summed E-state index contributed by atoms with van der Waals surface area (Å²) in [4.78, 5) is 2.45. The van der Waals surface area contributed by atoms with E-state index in [1.54, 1.807) is 6.26 Å². The van der Waals surface area contributed by atoms with Crippen LogP contribution >= 0.6 is 0 Å². The standard InChI is InChI=1S/C18H24N2O/c1-18(2,3)19-12-17-15(9-11-21-17)13-20-10-8-14-6-4-5-7-16(14)20/h4-7,9,11,19H,8,10,12-13H2,1-3H3. The molecular formula is C18H24N2O. The summed E-state index contributed by atoms with van der Waals surface area (Å²) in [5, 5.41) is 3.50. The zero-order valence-corrected chi connectivity index (χ0v) is 13.1. The van der Waals surface area contributed by atoms with E-state index < -0.39 is 0 Å². The Morgan fingerprint density at radius 1 is 1.19 bits per heavy atom. The molecule has 2 heterocycles. The van der Waals surface area contributed by atoms with Gasteiger partial charge in [0.2, 0.25) is 0 Å². The lowest BCUT2D eigenvalue weighted by atomic mass is 10.1. The minimum absolute atomic E-state index is 0.101. The lowest BCUT2D eigenvalue weighted by Gasteiger charge is -2.22. The number of hydrogen-bond acceptors (Lipinski definition) is 3. The molecule has 0 bridgehead atoms. The van der Waals surface area contributed by atoms with Gasteiger partial charge in [0.15, 0.2) is 0 Å². The maximum Gasteiger partial charge on any atom is 0.122 e. The minimum Gasteiger partial charge on any atom is -0.468 e. The fraction of sp³-hybridized carbons (Fsp3) is 0.444. The first-order valence-corrected chi connectivity index (χ1v) is 7.66. The van der Waals surface area contributed by atoms with Crippen LogP contribution in [-0.4, -0.2) is 12.1 Å². The van der Waals surface area contributed by atoms with E-state index in [4.69, 9.17) is 4.42 Å². The molecule has 1 aromatic heterocycles. The van der Waals surface area contributed by atoms with Crippen molar-refractivity contribution in [3.8, 4) is 0 Å². The minimum atomic E-state index is 0.101. The van der Waals surface area contributed by atoms with Gasteiger partial charge in [-0.25, -0.2) is 0 Å². The van der Waals surface area contributed by atoms with Crippen molar-refractivity contribution in [2.24, 2.45) is 0 Å². The number of hydrogen-bond donors (Lipinski definition) is 1. The Morgan fingerprint density at radius 3 is 2.81 bits per heavy atom. The van der Waals surface area contributed by atoms with Crippen LogP contribution < -0.4 is 10.2 Å². The average molecular weight is 284 g/mol. The molecule has 0 atom stereocenters. The van der Waals surface area contributed by atoms with Crippen LogP contribution in [0.4, 0.5) is 5.69 Å². The van der Waals surface area contributed by atoms with Crippen molar-refractivity contribution >= 4 is 5.69 Å². The topological polar surface area (TPSA) is 28.4 Å². The van der Waals surface area contributed by atoms with Crippen LogP contribution in [0, 0.1) is 0 Å². The Bertz CT molecular complexity index is 610. The molecule has 2 aromatic rings. The highest BCUT2D eigenvalue weighted by Gasteiger charge is 2.20. The lowest BCUT2D eigenvalue weighted by molar-refractivity contribution is 0.386. The molecule has 0 unspecified atom stereocenters. The van der Waals surface area contributed by atoms with Gasteiger partial charge >= 0.3 is 0 Å². The number of nitrogens with one attached hydrogen (secondary N) is 1. The monoisotopic (exact) mass is 284 g/mol. The van der Waals surface area contributed by atoms with Gasteiger partial charge in [0.1, 0.15) is 5.76 Å². The third-order valence-corrected chi connectivity index (χ3v) is 3.96. The van der Waals surface area contributed by atoms with Crippen LogP contribution in [0.1, 0.15) is 37.7 Å². The van der Waals surface area contributed by atoms with Crippen molar-refractivity contribution in [2.75, 3.05) is 11.4 Å². The summed E-state index contributed by atoms with van der Waals surface area (Å²) < 4.78 is 5.67. The van der Waals surface area contributed by atoms with Crippen LogP contribution in [0.15, 0.2) is 41.0 Å². The summed E-state index contributed by atoms with van der Waals surface area (Å²) >= 11 is 0. The summed E-state index contributed by atoms with van der Waals surface area (Å²) in [7, 11) is 0. The summed E-state index contributed by atoms with van der Waals surface area (Å²) in [6.07, 6.45) is 2.95. The predicted octanol–water partition coefficient (Wildman–Crippen LogP) is 3.73. The van der Waals surface area contributed by atoms with Gasteiger partial charge in [0, 0.05) is 29.9 Å². The second-order valence-corrected chi connectivity index (χ2v) is 6.77. The molecule has 0 radical (unpaired) electrons. The molecule has 1 aliphatic rings. The van der Waals surface area contributed by atoms with E-state index in [2.05, 4.69) is 61.3 Å². The molecule has 0 amide bonds. The fourth-order valence-corrected chi connectivity index (χ4v) is 2.78. The smallest absolute Gasteiger partial charge is 0.122 e. The van der Waals surface area contributed by atoms with Crippen molar-refractivity contribution in [2.45, 2.75) is 45.8 Å². The van der Waals surface area contributed by atoms with E-state index in [0.717, 1.165) is 31.8 Å². The SMILES string of the molecule is CC(C)(C)NCc1occc1CN1CCc2ccccc21. The maximum atomic E-state index is 5.67. The maximum absolute atomic E-state index is 5.67. The highest BCUT2D eigenvalue weighted by Crippen LogP contribution is 2.29. The van der Waals surface area contributed by atoms with Gasteiger partial charge < -0.3 is 14.6 Å². The number of benzene rings is 1. The second kappa shape index (κ2) is 5.57. The van der Waals surface area contributed by atoms with Gasteiger partial charge in [0.25, 0.3) is 0 Å². The molecule has 0 saturated carbocycles. The number of fused-ring (bicyclic) bond motifs is 1. The summed E-state index contributed by atoms with van der Waals surface area (Å²) in [6, 6.07) is 10.8.